The van der Waals surface area contributed by atoms with Gasteiger partial charge in [-0.15, -0.1) is 0 Å². The predicted molar refractivity (Wildman–Crippen MR) is 81.3 cm³/mol. The number of carbonyl (C=O) groups excluding carboxylic acids is 1. The first-order chi connectivity index (χ1) is 10.1. The number of anilines is 1. The zero-order valence-corrected chi connectivity index (χ0v) is 12.3. The van der Waals surface area contributed by atoms with Crippen molar-refractivity contribution in [3.05, 3.63) is 58.9 Å². The molecule has 0 fully saturated rings. The predicted octanol–water partition coefficient (Wildman–Crippen LogP) is 4.20. The maximum Gasteiger partial charge on any atom is 0.227 e. The summed E-state index contributed by atoms with van der Waals surface area (Å²) in [6.07, 6.45) is 0.125. The summed E-state index contributed by atoms with van der Waals surface area (Å²) in [5, 5.41) is 3.31. The number of amides is 1. The standard InChI is InChI=1S/C16H15ClFNO2/c1-11-6-7-12(10-13(11)17)19-16(20)8-9-21-15-5-3-2-4-14(15)18/h2-7,10H,8-9H2,1H3,(H,19,20). The van der Waals surface area contributed by atoms with E-state index in [9.17, 15) is 9.18 Å². The van der Waals surface area contributed by atoms with Gasteiger partial charge >= 0.3 is 0 Å². The van der Waals surface area contributed by atoms with Crippen molar-refractivity contribution in [3.63, 3.8) is 0 Å². The molecular formula is C16H15ClFNO2. The van der Waals surface area contributed by atoms with Crippen LogP contribution in [0.4, 0.5) is 10.1 Å². The lowest BCUT2D eigenvalue weighted by Gasteiger charge is -2.08. The monoisotopic (exact) mass is 307 g/mol. The molecule has 2 aromatic carbocycles. The Morgan fingerprint density at radius 1 is 1.29 bits per heavy atom. The largest absolute Gasteiger partial charge is 0.490 e. The van der Waals surface area contributed by atoms with E-state index in [1.165, 1.54) is 12.1 Å². The third-order valence-electron chi connectivity index (χ3n) is 2.88. The molecule has 0 spiro atoms. The Morgan fingerprint density at radius 3 is 2.76 bits per heavy atom. The van der Waals surface area contributed by atoms with Crippen molar-refractivity contribution in [2.75, 3.05) is 11.9 Å². The Bertz CT molecular complexity index is 646. The quantitative estimate of drug-likeness (QED) is 0.899. The maximum atomic E-state index is 13.3. The molecule has 0 atom stereocenters. The summed E-state index contributed by atoms with van der Waals surface area (Å²) < 4.78 is 18.5. The van der Waals surface area contributed by atoms with Crippen molar-refractivity contribution in [2.45, 2.75) is 13.3 Å². The van der Waals surface area contributed by atoms with Crippen LogP contribution in [0.15, 0.2) is 42.5 Å². The molecule has 0 unspecified atom stereocenters. The molecule has 0 aliphatic carbocycles. The lowest BCUT2D eigenvalue weighted by molar-refractivity contribution is -0.116. The lowest BCUT2D eigenvalue weighted by atomic mass is 10.2. The molecule has 0 bridgehead atoms. The van der Waals surface area contributed by atoms with Crippen LogP contribution in [-0.4, -0.2) is 12.5 Å². The first kappa shape index (κ1) is 15.3. The van der Waals surface area contributed by atoms with Gasteiger partial charge in [0.1, 0.15) is 0 Å². The number of aryl methyl sites for hydroxylation is 1. The van der Waals surface area contributed by atoms with Crippen LogP contribution in [0.25, 0.3) is 0 Å². The summed E-state index contributed by atoms with van der Waals surface area (Å²) in [4.78, 5) is 11.8. The van der Waals surface area contributed by atoms with Gasteiger partial charge in [0.05, 0.1) is 13.0 Å². The van der Waals surface area contributed by atoms with E-state index in [0.717, 1.165) is 5.56 Å². The van der Waals surface area contributed by atoms with E-state index in [1.807, 2.05) is 13.0 Å². The molecule has 0 aliphatic rings. The van der Waals surface area contributed by atoms with Gasteiger partial charge in [-0.3, -0.25) is 4.79 Å². The average Bonchev–Trinajstić information content (AvgIpc) is 2.45. The summed E-state index contributed by atoms with van der Waals surface area (Å²) in [7, 11) is 0. The van der Waals surface area contributed by atoms with Crippen LogP contribution in [0, 0.1) is 12.7 Å². The van der Waals surface area contributed by atoms with E-state index in [-0.39, 0.29) is 24.7 Å². The minimum Gasteiger partial charge on any atom is -0.490 e. The summed E-state index contributed by atoms with van der Waals surface area (Å²) in [6.45, 7) is 1.99. The van der Waals surface area contributed by atoms with E-state index < -0.39 is 5.82 Å². The summed E-state index contributed by atoms with van der Waals surface area (Å²) in [5.74, 6) is -0.516. The fraction of sp³-hybridized carbons (Fsp3) is 0.188. The molecule has 0 radical (unpaired) electrons. The van der Waals surface area contributed by atoms with Crippen LogP contribution in [-0.2, 0) is 4.79 Å². The van der Waals surface area contributed by atoms with Gasteiger partial charge in [-0.1, -0.05) is 29.8 Å². The minimum absolute atomic E-state index is 0.104. The molecule has 0 saturated carbocycles. The molecule has 0 heterocycles. The molecule has 21 heavy (non-hydrogen) atoms. The van der Waals surface area contributed by atoms with Crippen LogP contribution in [0.3, 0.4) is 0 Å². The fourth-order valence-electron chi connectivity index (χ4n) is 1.71. The third-order valence-corrected chi connectivity index (χ3v) is 3.29. The van der Waals surface area contributed by atoms with Gasteiger partial charge in [-0.25, -0.2) is 4.39 Å². The first-order valence-corrected chi connectivity index (χ1v) is 6.87. The van der Waals surface area contributed by atoms with Crippen molar-refractivity contribution in [2.24, 2.45) is 0 Å². The number of para-hydroxylation sites is 1. The van der Waals surface area contributed by atoms with E-state index >= 15 is 0 Å². The highest BCUT2D eigenvalue weighted by atomic mass is 35.5. The number of benzene rings is 2. The Balaban J connectivity index is 1.82. The van der Waals surface area contributed by atoms with Crippen molar-refractivity contribution in [1.29, 1.82) is 0 Å². The molecule has 1 N–H and O–H groups in total. The van der Waals surface area contributed by atoms with Crippen LogP contribution in [0.1, 0.15) is 12.0 Å². The SMILES string of the molecule is Cc1ccc(NC(=O)CCOc2ccccc2F)cc1Cl. The van der Waals surface area contributed by atoms with Gasteiger partial charge in [-0.05, 0) is 36.8 Å². The van der Waals surface area contributed by atoms with Crippen molar-refractivity contribution >= 4 is 23.2 Å². The minimum atomic E-state index is -0.441. The first-order valence-electron chi connectivity index (χ1n) is 6.49. The van der Waals surface area contributed by atoms with E-state index in [4.69, 9.17) is 16.3 Å². The molecule has 0 saturated heterocycles. The molecule has 3 nitrogen and oxygen atoms in total. The van der Waals surface area contributed by atoms with Crippen LogP contribution in [0.5, 0.6) is 5.75 Å². The van der Waals surface area contributed by atoms with Crippen LogP contribution < -0.4 is 10.1 Å². The Hall–Kier alpha value is -2.07. The summed E-state index contributed by atoms with van der Waals surface area (Å²) in [6, 6.07) is 11.4. The second-order valence-electron chi connectivity index (χ2n) is 4.54. The zero-order valence-electron chi connectivity index (χ0n) is 11.5. The van der Waals surface area contributed by atoms with Crippen molar-refractivity contribution < 1.29 is 13.9 Å². The highest BCUT2D eigenvalue weighted by molar-refractivity contribution is 6.31. The van der Waals surface area contributed by atoms with Crippen molar-refractivity contribution in [1.82, 2.24) is 0 Å². The number of hydrogen-bond acceptors (Lipinski definition) is 2. The van der Waals surface area contributed by atoms with E-state index in [0.29, 0.717) is 10.7 Å². The average molecular weight is 308 g/mol. The smallest absolute Gasteiger partial charge is 0.227 e. The van der Waals surface area contributed by atoms with Gasteiger partial charge in [-0.2, -0.15) is 0 Å². The van der Waals surface area contributed by atoms with Crippen molar-refractivity contribution in [3.8, 4) is 5.75 Å². The fourth-order valence-corrected chi connectivity index (χ4v) is 1.89. The Labute approximate surface area is 127 Å². The highest BCUT2D eigenvalue weighted by Crippen LogP contribution is 2.20. The van der Waals surface area contributed by atoms with Crippen LogP contribution >= 0.6 is 11.6 Å². The van der Waals surface area contributed by atoms with E-state index in [2.05, 4.69) is 5.32 Å². The van der Waals surface area contributed by atoms with Crippen LogP contribution in [0.2, 0.25) is 5.02 Å². The van der Waals surface area contributed by atoms with E-state index in [1.54, 1.807) is 24.3 Å². The number of ether oxygens (including phenoxy) is 1. The molecule has 2 aromatic rings. The molecule has 110 valence electrons. The molecular weight excluding hydrogens is 293 g/mol. The summed E-state index contributed by atoms with van der Waals surface area (Å²) >= 11 is 5.98. The number of rotatable bonds is 5. The van der Waals surface area contributed by atoms with Gasteiger partial charge in [0.15, 0.2) is 11.6 Å². The van der Waals surface area contributed by atoms with Gasteiger partial charge in [0.2, 0.25) is 5.91 Å². The zero-order chi connectivity index (χ0) is 15.2. The molecule has 0 aromatic heterocycles. The Kier molecular flexibility index (Phi) is 5.17. The summed E-state index contributed by atoms with van der Waals surface area (Å²) in [5.41, 5.74) is 1.57. The second-order valence-corrected chi connectivity index (χ2v) is 4.95. The lowest BCUT2D eigenvalue weighted by Crippen LogP contribution is -2.15. The maximum absolute atomic E-state index is 13.3. The number of nitrogens with one attached hydrogen (secondary N) is 1. The molecule has 0 aliphatic heterocycles. The number of carbonyl (C=O) groups is 1. The second kappa shape index (κ2) is 7.09. The molecule has 2 rings (SSSR count). The Morgan fingerprint density at radius 2 is 2.05 bits per heavy atom. The molecule has 1 amide bonds. The highest BCUT2D eigenvalue weighted by Gasteiger charge is 2.06. The van der Waals surface area contributed by atoms with Gasteiger partial charge in [0, 0.05) is 10.7 Å². The van der Waals surface area contributed by atoms with Gasteiger partial charge in [0.25, 0.3) is 0 Å². The normalized spacial score (nSPS) is 10.2. The number of halogens is 2. The number of hydrogen-bond donors (Lipinski definition) is 1. The third kappa shape index (κ3) is 4.46. The topological polar surface area (TPSA) is 38.3 Å². The molecule has 5 heteroatoms. The van der Waals surface area contributed by atoms with Gasteiger partial charge < -0.3 is 10.1 Å².